The minimum Gasteiger partial charge on any atom is -0.388 e. The van der Waals surface area contributed by atoms with E-state index >= 15 is 0 Å². The Labute approximate surface area is 210 Å². The third kappa shape index (κ3) is 8.66. The molecule has 1 saturated carbocycles. The Bertz CT molecular complexity index is 716. The van der Waals surface area contributed by atoms with Crippen LogP contribution in [0.1, 0.15) is 104 Å². The third-order valence-electron chi connectivity index (χ3n) is 7.41. The summed E-state index contributed by atoms with van der Waals surface area (Å²) in [7, 11) is -2.75. The quantitative estimate of drug-likeness (QED) is 0.180. The Morgan fingerprint density at radius 2 is 1.12 bits per heavy atom. The second-order valence-corrected chi connectivity index (χ2v) is 13.3. The summed E-state index contributed by atoms with van der Waals surface area (Å²) in [6.45, 7) is 5.45. The van der Waals surface area contributed by atoms with E-state index < -0.39 is 8.56 Å². The molecule has 1 aliphatic carbocycles. The van der Waals surface area contributed by atoms with Gasteiger partial charge in [-0.05, 0) is 48.4 Å². The van der Waals surface area contributed by atoms with Crippen LogP contribution in [0.4, 0.5) is 0 Å². The number of hydrogen-bond acceptors (Lipinski definition) is 2. The van der Waals surface area contributed by atoms with Gasteiger partial charge in [-0.25, -0.2) is 0 Å². The molecule has 2 nitrogen and oxygen atoms in total. The normalized spacial score (nSPS) is 18.8. The molecule has 1 fully saturated rings. The number of rotatable bonds is 16. The summed E-state index contributed by atoms with van der Waals surface area (Å²) < 4.78 is 14.0. The molecule has 0 saturated heterocycles. The van der Waals surface area contributed by atoms with Crippen LogP contribution in [0.2, 0.25) is 0 Å². The largest absolute Gasteiger partial charge is 0.407 e. The van der Waals surface area contributed by atoms with E-state index in [9.17, 15) is 0 Å². The first kappa shape index (κ1) is 27.2. The minimum atomic E-state index is -2.75. The van der Waals surface area contributed by atoms with E-state index in [1.165, 1.54) is 81.0 Å². The van der Waals surface area contributed by atoms with Crippen LogP contribution in [-0.4, -0.2) is 21.3 Å². The summed E-state index contributed by atoms with van der Waals surface area (Å²) in [5.41, 5.74) is 0. The summed E-state index contributed by atoms with van der Waals surface area (Å²) in [6, 6.07) is 21.6. The van der Waals surface area contributed by atoms with Crippen molar-refractivity contribution in [2.75, 3.05) is 6.61 Å². The highest BCUT2D eigenvalue weighted by Gasteiger charge is 2.45. The van der Waals surface area contributed by atoms with Gasteiger partial charge in [0.25, 0.3) is 0 Å². The fourth-order valence-corrected chi connectivity index (χ4v) is 8.61. The lowest BCUT2D eigenvalue weighted by atomic mass is 9.89. The molecule has 2 aromatic carbocycles. The molecule has 0 N–H and O–H groups in total. The van der Waals surface area contributed by atoms with Gasteiger partial charge in [-0.2, -0.15) is 0 Å². The fourth-order valence-electron chi connectivity index (χ4n) is 5.21. The Morgan fingerprint density at radius 1 is 0.647 bits per heavy atom. The smallest absolute Gasteiger partial charge is 0.388 e. The first-order valence-corrected chi connectivity index (χ1v) is 16.0. The lowest BCUT2D eigenvalue weighted by molar-refractivity contribution is 0.0891. The van der Waals surface area contributed by atoms with Crippen LogP contribution in [0.25, 0.3) is 0 Å². The van der Waals surface area contributed by atoms with Gasteiger partial charge >= 0.3 is 8.56 Å². The van der Waals surface area contributed by atoms with E-state index in [1.54, 1.807) is 0 Å². The molecule has 0 atom stereocenters. The lowest BCUT2D eigenvalue weighted by Gasteiger charge is -2.37. The van der Waals surface area contributed by atoms with E-state index in [2.05, 4.69) is 74.5 Å². The summed E-state index contributed by atoms with van der Waals surface area (Å²) in [6.07, 6.45) is 18.5. The Balaban J connectivity index is 1.60. The molecular weight excluding hydrogens is 432 g/mol. The zero-order valence-corrected chi connectivity index (χ0v) is 22.9. The van der Waals surface area contributed by atoms with Gasteiger partial charge < -0.3 is 8.85 Å². The predicted octanol–water partition coefficient (Wildman–Crippen LogP) is 7.78. The van der Waals surface area contributed by atoms with Crippen LogP contribution in [0.3, 0.4) is 0 Å². The average Bonchev–Trinajstić information content (AvgIpc) is 2.89. The van der Waals surface area contributed by atoms with Gasteiger partial charge in [0.15, 0.2) is 0 Å². The molecule has 3 rings (SSSR count). The van der Waals surface area contributed by atoms with Crippen LogP contribution in [0.15, 0.2) is 60.7 Å². The van der Waals surface area contributed by atoms with Crippen LogP contribution in [0.5, 0.6) is 0 Å². The molecule has 1 aliphatic rings. The molecule has 0 bridgehead atoms. The first-order valence-electron chi connectivity index (χ1n) is 14.2. The monoisotopic (exact) mass is 480 g/mol. The molecule has 0 amide bonds. The number of unbranched alkanes of at least 4 members (excludes halogenated alkanes) is 9. The second-order valence-electron chi connectivity index (χ2n) is 10.4. The van der Waals surface area contributed by atoms with Crippen LogP contribution in [0, 0.1) is 5.92 Å². The van der Waals surface area contributed by atoms with Crippen molar-refractivity contribution in [3.05, 3.63) is 60.7 Å². The van der Waals surface area contributed by atoms with Gasteiger partial charge in [0.1, 0.15) is 0 Å². The van der Waals surface area contributed by atoms with Crippen molar-refractivity contribution in [3.63, 3.8) is 0 Å². The maximum absolute atomic E-state index is 7.11. The van der Waals surface area contributed by atoms with E-state index in [0.717, 1.165) is 31.8 Å². The fraction of sp³-hybridized carbons (Fsp3) is 0.613. The zero-order chi connectivity index (χ0) is 23.9. The molecule has 0 aromatic heterocycles. The SMILES string of the molecule is CCCCCCCCCCCCO[Si](OC1CCC(C)CC1)(c1ccccc1)c1ccccc1. The summed E-state index contributed by atoms with van der Waals surface area (Å²) in [5, 5.41) is 2.49. The molecule has 34 heavy (non-hydrogen) atoms. The van der Waals surface area contributed by atoms with Gasteiger partial charge in [-0.3, -0.25) is 0 Å². The Morgan fingerprint density at radius 3 is 1.62 bits per heavy atom. The highest BCUT2D eigenvalue weighted by Crippen LogP contribution is 2.28. The zero-order valence-electron chi connectivity index (χ0n) is 21.9. The molecular formula is C31H48O2Si. The summed E-state index contributed by atoms with van der Waals surface area (Å²) in [4.78, 5) is 0. The Hall–Kier alpha value is -1.42. The van der Waals surface area contributed by atoms with Crippen LogP contribution >= 0.6 is 0 Å². The molecule has 0 unspecified atom stereocenters. The molecule has 0 heterocycles. The van der Waals surface area contributed by atoms with E-state index in [0.29, 0.717) is 6.10 Å². The maximum atomic E-state index is 7.11. The molecule has 188 valence electrons. The molecule has 0 spiro atoms. The highest BCUT2D eigenvalue weighted by atomic mass is 28.4. The van der Waals surface area contributed by atoms with Crippen molar-refractivity contribution in [2.45, 2.75) is 110 Å². The second kappa shape index (κ2) is 15.5. The van der Waals surface area contributed by atoms with Crippen molar-refractivity contribution in [2.24, 2.45) is 5.92 Å². The number of benzene rings is 2. The standard InChI is InChI=1S/C31H48O2Si/c1-3-4-5-6-7-8-9-10-11-18-27-32-34(30-19-14-12-15-20-30,31-21-16-13-17-22-31)33-29-25-23-28(2)24-26-29/h12-17,19-22,28-29H,3-11,18,23-27H2,1-2H3. The van der Waals surface area contributed by atoms with Gasteiger partial charge in [0.2, 0.25) is 0 Å². The Kier molecular flexibility index (Phi) is 12.4. The van der Waals surface area contributed by atoms with Crippen LogP contribution < -0.4 is 10.4 Å². The third-order valence-corrected chi connectivity index (χ3v) is 10.9. The van der Waals surface area contributed by atoms with Gasteiger partial charge in [-0.1, -0.05) is 132 Å². The van der Waals surface area contributed by atoms with Gasteiger partial charge in [-0.15, -0.1) is 0 Å². The average molecular weight is 481 g/mol. The molecule has 3 heteroatoms. The van der Waals surface area contributed by atoms with Crippen molar-refractivity contribution in [1.29, 1.82) is 0 Å². The van der Waals surface area contributed by atoms with E-state index in [1.807, 2.05) is 0 Å². The van der Waals surface area contributed by atoms with Gasteiger partial charge in [0, 0.05) is 12.7 Å². The van der Waals surface area contributed by atoms with Crippen molar-refractivity contribution in [3.8, 4) is 0 Å². The maximum Gasteiger partial charge on any atom is 0.407 e. The highest BCUT2D eigenvalue weighted by molar-refractivity contribution is 6.92. The van der Waals surface area contributed by atoms with Crippen molar-refractivity contribution >= 4 is 18.9 Å². The summed E-state index contributed by atoms with van der Waals surface area (Å²) in [5.74, 6) is 0.817. The van der Waals surface area contributed by atoms with Gasteiger partial charge in [0.05, 0.1) is 0 Å². The molecule has 0 radical (unpaired) electrons. The van der Waals surface area contributed by atoms with Crippen molar-refractivity contribution < 1.29 is 8.85 Å². The first-order chi connectivity index (χ1) is 16.7. The predicted molar refractivity (Wildman–Crippen MR) is 148 cm³/mol. The minimum absolute atomic E-state index is 0.302. The van der Waals surface area contributed by atoms with Crippen LogP contribution in [-0.2, 0) is 8.85 Å². The van der Waals surface area contributed by atoms with Crippen molar-refractivity contribution in [1.82, 2.24) is 0 Å². The number of hydrogen-bond donors (Lipinski definition) is 0. The van der Waals surface area contributed by atoms with E-state index in [4.69, 9.17) is 8.85 Å². The lowest BCUT2D eigenvalue weighted by Crippen LogP contribution is -2.65. The molecule has 0 aliphatic heterocycles. The topological polar surface area (TPSA) is 18.5 Å². The molecule has 2 aromatic rings. The van der Waals surface area contributed by atoms with E-state index in [-0.39, 0.29) is 0 Å². The summed E-state index contributed by atoms with van der Waals surface area (Å²) >= 11 is 0.